The van der Waals surface area contributed by atoms with Crippen LogP contribution >= 0.6 is 0 Å². The van der Waals surface area contributed by atoms with E-state index in [0.29, 0.717) is 6.04 Å². The Hall–Kier alpha value is -0.688. The number of fused-ring (bicyclic) bond motifs is 1. The van der Waals surface area contributed by atoms with Crippen LogP contribution in [0.15, 0.2) is 12.1 Å². The van der Waals surface area contributed by atoms with Crippen molar-refractivity contribution in [1.82, 2.24) is 3.88 Å². The molecular formula is C20H34AlNO2. The zero-order valence-electron chi connectivity index (χ0n) is 16.6. The standard InChI is InChI=1S/C12H16NO2.2C4H9.Al/c1-8-10-7-12(15-3)11(14-2)6-9(10)4-5-13-8;2*1-4(2)3;/h6-8H,4-5H2,1-3H3;2*4H,1H2,2-3H3;/q-1;;;+1/t8-;;;/m0.../s1. The van der Waals surface area contributed by atoms with Gasteiger partial charge in [-0.1, -0.05) is 50.1 Å². The summed E-state index contributed by atoms with van der Waals surface area (Å²) in [6.07, 6.45) is 1.12. The SMILES string of the molecule is COc1cc2c(cc1OC)[C@H](C)[N]([Al]([CH2]C(C)C)[CH2]C(C)C)CC2. The topological polar surface area (TPSA) is 21.7 Å². The molecule has 1 atom stereocenters. The van der Waals surface area contributed by atoms with Gasteiger partial charge in [-0.3, -0.25) is 0 Å². The van der Waals surface area contributed by atoms with Gasteiger partial charge in [-0.15, -0.1) is 0 Å². The summed E-state index contributed by atoms with van der Waals surface area (Å²) in [5.41, 5.74) is 2.86. The van der Waals surface area contributed by atoms with Gasteiger partial charge in [-0.25, -0.2) is 0 Å². The number of hydrogen-bond donors (Lipinski definition) is 0. The van der Waals surface area contributed by atoms with Crippen molar-refractivity contribution in [2.45, 2.75) is 57.6 Å². The molecule has 0 saturated carbocycles. The average Bonchev–Trinajstić information content (AvgIpc) is 2.52. The lowest BCUT2D eigenvalue weighted by Crippen LogP contribution is -2.46. The fourth-order valence-corrected chi connectivity index (χ4v) is 8.32. The third-order valence-electron chi connectivity index (χ3n) is 5.19. The molecule has 1 aliphatic heterocycles. The molecule has 2 rings (SSSR count). The van der Waals surface area contributed by atoms with Gasteiger partial charge in [0, 0.05) is 6.04 Å². The van der Waals surface area contributed by atoms with Crippen LogP contribution in [0.1, 0.15) is 51.8 Å². The van der Waals surface area contributed by atoms with Gasteiger partial charge in [0.05, 0.1) is 14.2 Å². The number of ether oxygens (including phenoxy) is 2. The van der Waals surface area contributed by atoms with E-state index in [0.717, 1.165) is 29.8 Å². The van der Waals surface area contributed by atoms with E-state index in [9.17, 15) is 0 Å². The molecule has 1 aromatic carbocycles. The molecule has 3 nitrogen and oxygen atoms in total. The average molecular weight is 347 g/mol. The highest BCUT2D eigenvalue weighted by Crippen LogP contribution is 2.39. The van der Waals surface area contributed by atoms with Crippen molar-refractivity contribution in [2.75, 3.05) is 20.8 Å². The molecule has 0 saturated heterocycles. The summed E-state index contributed by atoms with van der Waals surface area (Å²) >= 11 is -0.930. The number of hydrogen-bond acceptors (Lipinski definition) is 3. The Morgan fingerprint density at radius 1 is 1.04 bits per heavy atom. The summed E-state index contributed by atoms with van der Waals surface area (Å²) in [6.45, 7) is 13.1. The van der Waals surface area contributed by atoms with E-state index in [1.165, 1.54) is 28.2 Å². The molecule has 0 aliphatic carbocycles. The maximum absolute atomic E-state index is 5.54. The van der Waals surface area contributed by atoms with E-state index in [2.05, 4.69) is 50.6 Å². The molecule has 24 heavy (non-hydrogen) atoms. The normalized spacial score (nSPS) is 18.0. The summed E-state index contributed by atoms with van der Waals surface area (Å²) in [4.78, 5) is 0. The minimum atomic E-state index is -0.930. The Morgan fingerprint density at radius 2 is 1.58 bits per heavy atom. The highest BCUT2D eigenvalue weighted by Gasteiger charge is 2.35. The van der Waals surface area contributed by atoms with Crippen LogP contribution in [0.25, 0.3) is 0 Å². The lowest BCUT2D eigenvalue weighted by molar-refractivity contribution is 0.315. The van der Waals surface area contributed by atoms with E-state index in [1.54, 1.807) is 14.2 Å². The Labute approximate surface area is 152 Å². The molecule has 0 aromatic heterocycles. The van der Waals surface area contributed by atoms with Crippen LogP contribution in [-0.2, 0) is 6.42 Å². The molecule has 4 heteroatoms. The van der Waals surface area contributed by atoms with Crippen molar-refractivity contribution in [3.8, 4) is 11.5 Å². The first-order valence-electron chi connectivity index (χ1n) is 9.37. The number of rotatable bonds is 7. The summed E-state index contributed by atoms with van der Waals surface area (Å²) in [5, 5.41) is 2.82. The molecule has 1 heterocycles. The molecule has 0 fully saturated rings. The second-order valence-corrected chi connectivity index (χ2v) is 10.9. The Morgan fingerprint density at radius 3 is 2.08 bits per heavy atom. The largest absolute Gasteiger partial charge is 0.493 e. The van der Waals surface area contributed by atoms with Gasteiger partial charge < -0.3 is 13.4 Å². The summed E-state index contributed by atoms with van der Waals surface area (Å²) in [7, 11) is 3.45. The predicted molar refractivity (Wildman–Crippen MR) is 103 cm³/mol. The van der Waals surface area contributed by atoms with Crippen molar-refractivity contribution in [1.29, 1.82) is 0 Å². The van der Waals surface area contributed by atoms with E-state index in [4.69, 9.17) is 9.47 Å². The van der Waals surface area contributed by atoms with Crippen molar-refractivity contribution in [3.63, 3.8) is 0 Å². The van der Waals surface area contributed by atoms with Gasteiger partial charge in [0.2, 0.25) is 0 Å². The Bertz CT molecular complexity index is 535. The maximum Gasteiger partial charge on any atom is 0.373 e. The van der Waals surface area contributed by atoms with Crippen LogP contribution in [0.5, 0.6) is 11.5 Å². The van der Waals surface area contributed by atoms with Crippen molar-refractivity contribution < 1.29 is 9.47 Å². The Kier molecular flexibility index (Phi) is 7.04. The molecule has 0 radical (unpaired) electrons. The number of benzene rings is 1. The molecule has 0 bridgehead atoms. The monoisotopic (exact) mass is 347 g/mol. The number of nitrogens with zero attached hydrogens (tertiary/aromatic N) is 1. The third kappa shape index (κ3) is 4.48. The first-order valence-corrected chi connectivity index (χ1v) is 11.5. The van der Waals surface area contributed by atoms with Gasteiger partial charge in [-0.2, -0.15) is 0 Å². The number of methoxy groups -OCH3 is 2. The predicted octanol–water partition coefficient (Wildman–Crippen LogP) is 4.93. The summed E-state index contributed by atoms with van der Waals surface area (Å²) in [6, 6.07) is 4.88. The van der Waals surface area contributed by atoms with Crippen molar-refractivity contribution in [2.24, 2.45) is 11.8 Å². The quantitative estimate of drug-likeness (QED) is 0.653. The van der Waals surface area contributed by atoms with Crippen LogP contribution in [0.2, 0.25) is 10.6 Å². The van der Waals surface area contributed by atoms with Gasteiger partial charge in [0.25, 0.3) is 0 Å². The molecule has 0 N–H and O–H groups in total. The first-order chi connectivity index (χ1) is 11.4. The summed E-state index contributed by atoms with van der Waals surface area (Å²) in [5.74, 6) is 3.30. The fraction of sp³-hybridized carbons (Fsp3) is 0.700. The lowest BCUT2D eigenvalue weighted by atomic mass is 9.94. The summed E-state index contributed by atoms with van der Waals surface area (Å²) < 4.78 is 13.9. The molecule has 1 aromatic rings. The van der Waals surface area contributed by atoms with E-state index in [-0.39, 0.29) is 0 Å². The van der Waals surface area contributed by atoms with Crippen LogP contribution in [-0.4, -0.2) is 39.0 Å². The van der Waals surface area contributed by atoms with Crippen molar-refractivity contribution in [3.05, 3.63) is 23.3 Å². The smallest absolute Gasteiger partial charge is 0.373 e. The van der Waals surface area contributed by atoms with Gasteiger partial charge >= 0.3 is 14.4 Å². The molecule has 134 valence electrons. The molecule has 0 unspecified atom stereocenters. The van der Waals surface area contributed by atoms with Crippen molar-refractivity contribution >= 4 is 14.4 Å². The van der Waals surface area contributed by atoms with Crippen LogP contribution in [0.4, 0.5) is 0 Å². The second-order valence-electron chi connectivity index (χ2n) is 7.98. The Balaban J connectivity index is 2.30. The minimum absolute atomic E-state index is 0.489. The zero-order valence-corrected chi connectivity index (χ0v) is 17.7. The highest BCUT2D eigenvalue weighted by molar-refractivity contribution is 6.56. The lowest BCUT2D eigenvalue weighted by Gasteiger charge is -2.41. The molecule has 1 aliphatic rings. The van der Waals surface area contributed by atoms with E-state index in [1.807, 2.05) is 0 Å². The molecule has 0 spiro atoms. The molecule has 0 amide bonds. The maximum atomic E-state index is 5.54. The second kappa shape index (κ2) is 8.61. The van der Waals surface area contributed by atoms with E-state index >= 15 is 0 Å². The van der Waals surface area contributed by atoms with Crippen LogP contribution in [0, 0.1) is 11.8 Å². The van der Waals surface area contributed by atoms with Gasteiger partial charge in [-0.05, 0) is 43.1 Å². The fourth-order valence-electron chi connectivity index (χ4n) is 4.12. The van der Waals surface area contributed by atoms with Gasteiger partial charge in [0.1, 0.15) is 0 Å². The first kappa shape index (κ1) is 19.6. The van der Waals surface area contributed by atoms with Gasteiger partial charge in [0.15, 0.2) is 11.5 Å². The van der Waals surface area contributed by atoms with Crippen LogP contribution in [0.3, 0.4) is 0 Å². The third-order valence-corrected chi connectivity index (χ3v) is 9.81. The molecular weight excluding hydrogens is 313 g/mol. The zero-order chi connectivity index (χ0) is 17.9. The minimum Gasteiger partial charge on any atom is -0.493 e. The highest BCUT2D eigenvalue weighted by atomic mass is 27.2. The van der Waals surface area contributed by atoms with Crippen LogP contribution < -0.4 is 9.47 Å². The van der Waals surface area contributed by atoms with E-state index < -0.39 is 14.4 Å².